The second-order valence-electron chi connectivity index (χ2n) is 5.97. The third-order valence-electron chi connectivity index (χ3n) is 3.93. The summed E-state index contributed by atoms with van der Waals surface area (Å²) in [5, 5.41) is 9.16. The molecule has 7 nitrogen and oxygen atoms in total. The number of fused-ring (bicyclic) bond motifs is 1. The molecule has 4 rings (SSSR count). The van der Waals surface area contributed by atoms with E-state index in [1.807, 2.05) is 11.4 Å². The smallest absolute Gasteiger partial charge is 0.280 e. The second-order valence-corrected chi connectivity index (χ2v) is 6.86. The third kappa shape index (κ3) is 3.58. The van der Waals surface area contributed by atoms with E-state index >= 15 is 0 Å². The van der Waals surface area contributed by atoms with Crippen molar-refractivity contribution in [1.29, 1.82) is 0 Å². The van der Waals surface area contributed by atoms with Crippen LogP contribution >= 0.6 is 11.3 Å². The van der Waals surface area contributed by atoms with Crippen LogP contribution in [0.5, 0.6) is 0 Å². The van der Waals surface area contributed by atoms with Gasteiger partial charge in [-0.3, -0.25) is 14.5 Å². The Balaban J connectivity index is 1.64. The number of halogens is 2. The van der Waals surface area contributed by atoms with Gasteiger partial charge in [0.1, 0.15) is 28.6 Å². The van der Waals surface area contributed by atoms with Crippen molar-refractivity contribution < 1.29 is 13.6 Å². The number of rotatable bonds is 5. The van der Waals surface area contributed by atoms with Gasteiger partial charge in [0.05, 0.1) is 11.1 Å². The van der Waals surface area contributed by atoms with Crippen LogP contribution in [0.4, 0.5) is 14.6 Å². The standard InChI is InChI=1S/C18H14F2N6OS/c1-10-8-13(15(19)20)26(25-10)9-14(27)22-16-11-5-7-28-18(11)24-17(23-16)12-4-2-3-6-21-12/h2-8,15H,9H2,1H3,(H,22,23,24,27). The van der Waals surface area contributed by atoms with E-state index < -0.39 is 12.3 Å². The van der Waals surface area contributed by atoms with E-state index in [2.05, 4.69) is 25.4 Å². The van der Waals surface area contributed by atoms with Crippen molar-refractivity contribution in [3.8, 4) is 11.5 Å². The molecule has 0 fully saturated rings. The molecule has 0 saturated carbocycles. The lowest BCUT2D eigenvalue weighted by Crippen LogP contribution is -2.22. The Bertz CT molecular complexity index is 1140. The lowest BCUT2D eigenvalue weighted by molar-refractivity contribution is -0.117. The summed E-state index contributed by atoms with van der Waals surface area (Å²) in [7, 11) is 0. The largest absolute Gasteiger partial charge is 0.308 e. The van der Waals surface area contributed by atoms with Crippen molar-refractivity contribution >= 4 is 33.3 Å². The van der Waals surface area contributed by atoms with Gasteiger partial charge in [-0.05, 0) is 36.6 Å². The van der Waals surface area contributed by atoms with E-state index in [0.29, 0.717) is 33.2 Å². The van der Waals surface area contributed by atoms with Crippen molar-refractivity contribution in [2.45, 2.75) is 19.9 Å². The maximum Gasteiger partial charge on any atom is 0.280 e. The molecule has 142 valence electrons. The van der Waals surface area contributed by atoms with Gasteiger partial charge in [0.15, 0.2) is 5.82 Å². The molecule has 0 aliphatic rings. The van der Waals surface area contributed by atoms with Crippen molar-refractivity contribution in [1.82, 2.24) is 24.7 Å². The molecular formula is C18H14F2N6OS. The van der Waals surface area contributed by atoms with Crippen molar-refractivity contribution in [2.24, 2.45) is 0 Å². The Hall–Kier alpha value is -3.27. The van der Waals surface area contributed by atoms with Gasteiger partial charge in [0.25, 0.3) is 6.43 Å². The van der Waals surface area contributed by atoms with Gasteiger partial charge in [0, 0.05) is 6.20 Å². The van der Waals surface area contributed by atoms with E-state index in [9.17, 15) is 13.6 Å². The summed E-state index contributed by atoms with van der Waals surface area (Å²) in [6.07, 6.45) is -1.09. The van der Waals surface area contributed by atoms with E-state index in [0.717, 1.165) is 4.68 Å². The zero-order valence-corrected chi connectivity index (χ0v) is 15.5. The average Bonchev–Trinajstić information content (AvgIpc) is 3.28. The molecule has 0 aliphatic heterocycles. The van der Waals surface area contributed by atoms with Crippen LogP contribution in [0.1, 0.15) is 17.8 Å². The molecule has 28 heavy (non-hydrogen) atoms. The van der Waals surface area contributed by atoms with Gasteiger partial charge in [0.2, 0.25) is 5.91 Å². The normalized spacial score (nSPS) is 11.3. The third-order valence-corrected chi connectivity index (χ3v) is 4.73. The van der Waals surface area contributed by atoms with Crippen molar-refractivity contribution in [2.75, 3.05) is 5.32 Å². The minimum Gasteiger partial charge on any atom is -0.308 e. The number of nitrogens with zero attached hydrogens (tertiary/aromatic N) is 5. The quantitative estimate of drug-likeness (QED) is 0.550. The topological polar surface area (TPSA) is 85.6 Å². The molecule has 1 N–H and O–H groups in total. The van der Waals surface area contributed by atoms with Gasteiger partial charge in [-0.25, -0.2) is 18.7 Å². The first-order valence-electron chi connectivity index (χ1n) is 8.30. The number of carbonyl (C=O) groups excluding carboxylic acids is 1. The van der Waals surface area contributed by atoms with Crippen LogP contribution in [0.3, 0.4) is 0 Å². The zero-order valence-electron chi connectivity index (χ0n) is 14.6. The predicted molar refractivity (Wildman–Crippen MR) is 101 cm³/mol. The molecule has 0 atom stereocenters. The van der Waals surface area contributed by atoms with E-state index in [-0.39, 0.29) is 12.2 Å². The SMILES string of the molecule is Cc1cc(C(F)F)n(CC(=O)Nc2nc(-c3ccccn3)nc3sccc23)n1. The van der Waals surface area contributed by atoms with Crippen molar-refractivity contribution in [3.05, 3.63) is 53.3 Å². The number of anilines is 1. The molecule has 4 heterocycles. The predicted octanol–water partition coefficient (Wildman–Crippen LogP) is 3.83. The molecule has 1 amide bonds. The summed E-state index contributed by atoms with van der Waals surface area (Å²) in [6, 6.07) is 8.41. The summed E-state index contributed by atoms with van der Waals surface area (Å²) in [5.74, 6) is 0.164. The minimum absolute atomic E-state index is 0.301. The number of pyridine rings is 1. The maximum atomic E-state index is 13.1. The van der Waals surface area contributed by atoms with Gasteiger partial charge < -0.3 is 5.32 Å². The number of amides is 1. The van der Waals surface area contributed by atoms with Gasteiger partial charge in [-0.15, -0.1) is 11.3 Å². The van der Waals surface area contributed by atoms with Crippen LogP contribution in [0, 0.1) is 6.92 Å². The zero-order chi connectivity index (χ0) is 19.7. The summed E-state index contributed by atoms with van der Waals surface area (Å²) < 4.78 is 27.2. The summed E-state index contributed by atoms with van der Waals surface area (Å²) in [6.45, 7) is 1.25. The molecule has 0 saturated heterocycles. The number of nitrogens with one attached hydrogen (secondary N) is 1. The van der Waals surface area contributed by atoms with Crippen molar-refractivity contribution in [3.63, 3.8) is 0 Å². The summed E-state index contributed by atoms with van der Waals surface area (Å²) in [4.78, 5) is 26.3. The lowest BCUT2D eigenvalue weighted by atomic mass is 10.3. The van der Waals surface area contributed by atoms with Gasteiger partial charge >= 0.3 is 0 Å². The highest BCUT2D eigenvalue weighted by atomic mass is 32.1. The fraction of sp³-hybridized carbons (Fsp3) is 0.167. The molecule has 4 aromatic heterocycles. The van der Waals surface area contributed by atoms with E-state index in [1.165, 1.54) is 17.4 Å². The Morgan fingerprint density at radius 3 is 2.89 bits per heavy atom. The highest BCUT2D eigenvalue weighted by Gasteiger charge is 2.19. The van der Waals surface area contributed by atoms with Gasteiger partial charge in [-0.2, -0.15) is 5.10 Å². The van der Waals surface area contributed by atoms with Gasteiger partial charge in [-0.1, -0.05) is 6.07 Å². The molecule has 0 spiro atoms. The summed E-state index contributed by atoms with van der Waals surface area (Å²) >= 11 is 1.40. The van der Waals surface area contributed by atoms with Crippen LogP contribution in [-0.4, -0.2) is 30.6 Å². The molecular weight excluding hydrogens is 386 g/mol. The number of aromatic nitrogens is 5. The molecule has 0 aromatic carbocycles. The number of hydrogen-bond acceptors (Lipinski definition) is 6. The summed E-state index contributed by atoms with van der Waals surface area (Å²) in [5.41, 5.74) is 0.684. The molecule has 0 unspecified atom stereocenters. The maximum absolute atomic E-state index is 13.1. The fourth-order valence-corrected chi connectivity index (χ4v) is 3.50. The number of hydrogen-bond donors (Lipinski definition) is 1. The number of carbonyl (C=O) groups is 1. The lowest BCUT2D eigenvalue weighted by Gasteiger charge is -2.09. The Morgan fingerprint density at radius 1 is 1.29 bits per heavy atom. The molecule has 0 aliphatic carbocycles. The first-order chi connectivity index (χ1) is 13.5. The van der Waals surface area contributed by atoms with Crippen LogP contribution in [-0.2, 0) is 11.3 Å². The highest BCUT2D eigenvalue weighted by molar-refractivity contribution is 7.16. The first-order valence-corrected chi connectivity index (χ1v) is 9.18. The van der Waals surface area contributed by atoms with Crippen LogP contribution in [0.2, 0.25) is 0 Å². The Kier molecular flexibility index (Phi) is 4.78. The molecule has 0 radical (unpaired) electrons. The number of thiophene rings is 1. The van der Waals surface area contributed by atoms with Crippen LogP contribution in [0.25, 0.3) is 21.7 Å². The highest BCUT2D eigenvalue weighted by Crippen LogP contribution is 2.28. The fourth-order valence-electron chi connectivity index (χ4n) is 2.74. The first kappa shape index (κ1) is 18.1. The second kappa shape index (κ2) is 7.39. The average molecular weight is 400 g/mol. The van der Waals surface area contributed by atoms with E-state index in [4.69, 9.17) is 0 Å². The monoisotopic (exact) mass is 400 g/mol. The number of aryl methyl sites for hydroxylation is 1. The van der Waals surface area contributed by atoms with Crippen LogP contribution in [0.15, 0.2) is 41.9 Å². The Morgan fingerprint density at radius 2 is 2.14 bits per heavy atom. The molecule has 4 aromatic rings. The van der Waals surface area contributed by atoms with E-state index in [1.54, 1.807) is 31.3 Å². The minimum atomic E-state index is -2.72. The number of alkyl halides is 2. The van der Waals surface area contributed by atoms with Crippen LogP contribution < -0.4 is 5.32 Å². The molecule has 0 bridgehead atoms. The molecule has 10 heteroatoms. The Labute approximate surface area is 162 Å².